The Labute approximate surface area is 428 Å². The van der Waals surface area contributed by atoms with E-state index in [0.717, 1.165) is 89.9 Å². The Balaban J connectivity index is 1.61. The minimum Gasteiger partial charge on any atom is -0.507 e. The van der Waals surface area contributed by atoms with E-state index >= 15 is 0 Å². The van der Waals surface area contributed by atoms with Crippen molar-refractivity contribution in [3.63, 3.8) is 0 Å². The second-order valence-electron chi connectivity index (χ2n) is 20.3. The number of carbonyl (C=O) groups is 3. The SMILES string of the molecule is CCCCCCCCCC(=O)C(C)(C)Oc1ccc(-c2nc(-c3ccc(OC(C)(C)C(=O)OCCCCCCCC)cc3O)nc(-c3ccc(OC(C)(C)C(=O)OCCCCCCCC)cc3O)n2)c(O)c1. The molecule has 0 bridgehead atoms. The molecule has 4 rings (SSSR count). The van der Waals surface area contributed by atoms with Gasteiger partial charge in [0.2, 0.25) is 0 Å². The van der Waals surface area contributed by atoms with E-state index < -0.39 is 28.7 Å². The van der Waals surface area contributed by atoms with Gasteiger partial charge >= 0.3 is 11.9 Å². The maximum absolute atomic E-state index is 13.3. The highest BCUT2D eigenvalue weighted by atomic mass is 16.6. The number of hydrogen-bond acceptors (Lipinski definition) is 14. The minimum absolute atomic E-state index is 0.0174. The summed E-state index contributed by atoms with van der Waals surface area (Å²) in [4.78, 5) is 53.4. The molecule has 1 aromatic heterocycles. The van der Waals surface area contributed by atoms with Crippen LogP contribution >= 0.6 is 0 Å². The number of ether oxygens (including phenoxy) is 5. The maximum Gasteiger partial charge on any atom is 0.349 e. The van der Waals surface area contributed by atoms with Crippen molar-refractivity contribution >= 4 is 17.7 Å². The molecule has 0 fully saturated rings. The lowest BCUT2D eigenvalue weighted by molar-refractivity contribution is -0.160. The first-order chi connectivity index (χ1) is 34.3. The van der Waals surface area contributed by atoms with Crippen molar-refractivity contribution in [1.82, 2.24) is 15.0 Å². The molecule has 396 valence electrons. The van der Waals surface area contributed by atoms with Crippen LogP contribution in [-0.4, -0.2) is 78.0 Å². The molecule has 0 atom stereocenters. The molecule has 1 heterocycles. The van der Waals surface area contributed by atoms with E-state index in [0.29, 0.717) is 6.42 Å². The van der Waals surface area contributed by atoms with Crippen LogP contribution in [0.2, 0.25) is 0 Å². The Morgan fingerprint density at radius 3 is 1.03 bits per heavy atom. The van der Waals surface area contributed by atoms with Crippen LogP contribution in [0.3, 0.4) is 0 Å². The summed E-state index contributed by atoms with van der Waals surface area (Å²) in [6.45, 7) is 16.9. The summed E-state index contributed by atoms with van der Waals surface area (Å²) in [5.74, 6) is -1.40. The fourth-order valence-electron chi connectivity index (χ4n) is 8.04. The Hall–Kier alpha value is -5.92. The van der Waals surface area contributed by atoms with E-state index in [1.54, 1.807) is 65.8 Å². The first-order valence-corrected chi connectivity index (χ1v) is 26.5. The lowest BCUT2D eigenvalue weighted by Crippen LogP contribution is -2.39. The Kier molecular flexibility index (Phi) is 23.6. The van der Waals surface area contributed by atoms with Gasteiger partial charge in [0, 0.05) is 24.6 Å². The number of ketones is 1. The third-order valence-corrected chi connectivity index (χ3v) is 12.5. The van der Waals surface area contributed by atoms with Crippen molar-refractivity contribution in [3.8, 4) is 68.7 Å². The molecule has 0 saturated heterocycles. The Bertz CT molecular complexity index is 2080. The summed E-state index contributed by atoms with van der Waals surface area (Å²) in [5.41, 5.74) is -3.43. The number of Topliss-reactive ketones (excluding diaryl/α,β-unsaturated/α-hetero) is 1. The number of phenols is 3. The summed E-state index contributed by atoms with van der Waals surface area (Å²) >= 11 is 0. The first kappa shape index (κ1) is 58.6. The van der Waals surface area contributed by atoms with E-state index in [9.17, 15) is 29.7 Å². The average Bonchev–Trinajstić information content (AvgIpc) is 3.32. The lowest BCUT2D eigenvalue weighted by atomic mass is 9.97. The Morgan fingerprint density at radius 2 is 0.708 bits per heavy atom. The summed E-state index contributed by atoms with van der Waals surface area (Å²) in [7, 11) is 0. The van der Waals surface area contributed by atoms with Gasteiger partial charge < -0.3 is 39.0 Å². The molecule has 0 aliphatic carbocycles. The minimum atomic E-state index is -1.37. The largest absolute Gasteiger partial charge is 0.507 e. The van der Waals surface area contributed by atoms with Gasteiger partial charge in [-0.3, -0.25) is 4.79 Å². The summed E-state index contributed by atoms with van der Waals surface area (Å²) in [6.07, 6.45) is 20.6. The van der Waals surface area contributed by atoms with Gasteiger partial charge in [-0.1, -0.05) is 124 Å². The van der Waals surface area contributed by atoms with Crippen LogP contribution in [0.5, 0.6) is 34.5 Å². The number of benzene rings is 3. The van der Waals surface area contributed by atoms with E-state index in [1.165, 1.54) is 62.4 Å². The van der Waals surface area contributed by atoms with Crippen molar-refractivity contribution in [3.05, 3.63) is 54.6 Å². The predicted octanol–water partition coefficient (Wildman–Crippen LogP) is 14.0. The molecular weight excluding hydrogens is 915 g/mol. The van der Waals surface area contributed by atoms with Gasteiger partial charge in [0.25, 0.3) is 0 Å². The standard InChI is InChI=1S/C58H83N3O11/c1-10-13-16-19-22-23-26-29-50(65)56(4,5)70-41-30-33-44(47(62)38-41)51-59-52(45-34-31-42(39-48(45)63)71-57(6,7)54(66)68-36-27-24-20-17-14-11-2)61-53(60-51)46-35-32-43(40-49(46)64)72-58(8,9)55(67)69-37-28-25-21-18-15-12-3/h30-35,38-40,62-64H,10-29,36-37H2,1-9H3. The molecule has 4 aromatic rings. The molecule has 0 aliphatic rings. The number of phenolic OH excluding ortho intramolecular Hbond substituents is 3. The maximum atomic E-state index is 13.3. The summed E-state index contributed by atoms with van der Waals surface area (Å²) in [5, 5.41) is 34.5. The fraction of sp³-hybridized carbons (Fsp3) is 0.586. The topological polar surface area (TPSA) is 197 Å². The zero-order chi connectivity index (χ0) is 52.7. The quantitative estimate of drug-likeness (QED) is 0.0295. The van der Waals surface area contributed by atoms with Crippen molar-refractivity contribution in [1.29, 1.82) is 0 Å². The highest BCUT2D eigenvalue weighted by molar-refractivity contribution is 5.87. The zero-order valence-electron chi connectivity index (χ0n) is 44.7. The van der Waals surface area contributed by atoms with E-state index in [1.807, 2.05) is 0 Å². The highest BCUT2D eigenvalue weighted by Gasteiger charge is 2.34. The second kappa shape index (κ2) is 28.9. The third-order valence-electron chi connectivity index (χ3n) is 12.5. The van der Waals surface area contributed by atoms with Crippen LogP contribution in [-0.2, 0) is 23.9 Å². The molecule has 0 aliphatic heterocycles. The van der Waals surface area contributed by atoms with Gasteiger partial charge in [-0.2, -0.15) is 0 Å². The molecule has 0 amide bonds. The molecule has 14 heteroatoms. The Morgan fingerprint density at radius 1 is 0.417 bits per heavy atom. The van der Waals surface area contributed by atoms with Crippen LogP contribution in [0.25, 0.3) is 34.2 Å². The van der Waals surface area contributed by atoms with Crippen molar-refractivity contribution < 1.29 is 53.4 Å². The fourth-order valence-corrected chi connectivity index (χ4v) is 8.04. The molecule has 3 N–H and O–H groups in total. The normalized spacial score (nSPS) is 11.8. The molecular formula is C58H83N3O11. The van der Waals surface area contributed by atoms with Gasteiger partial charge in [-0.15, -0.1) is 0 Å². The molecule has 0 spiro atoms. The molecule has 0 saturated carbocycles. The van der Waals surface area contributed by atoms with Crippen LogP contribution in [0.15, 0.2) is 54.6 Å². The van der Waals surface area contributed by atoms with Gasteiger partial charge in [-0.05, 0) is 97.2 Å². The molecule has 0 radical (unpaired) electrons. The summed E-state index contributed by atoms with van der Waals surface area (Å²) in [6, 6.07) is 13.4. The smallest absolute Gasteiger partial charge is 0.349 e. The molecule has 72 heavy (non-hydrogen) atoms. The lowest BCUT2D eigenvalue weighted by Gasteiger charge is -2.25. The number of aromatic nitrogens is 3. The van der Waals surface area contributed by atoms with Crippen LogP contribution in [0.1, 0.15) is 191 Å². The van der Waals surface area contributed by atoms with Crippen molar-refractivity contribution in [2.45, 2.75) is 208 Å². The van der Waals surface area contributed by atoms with Gasteiger partial charge in [0.05, 0.1) is 29.9 Å². The van der Waals surface area contributed by atoms with Crippen LogP contribution in [0.4, 0.5) is 0 Å². The predicted molar refractivity (Wildman–Crippen MR) is 282 cm³/mol. The van der Waals surface area contributed by atoms with Gasteiger partial charge in [0.1, 0.15) is 34.5 Å². The molecule has 0 unspecified atom stereocenters. The van der Waals surface area contributed by atoms with Crippen molar-refractivity contribution in [2.75, 3.05) is 13.2 Å². The number of rotatable bonds is 34. The first-order valence-electron chi connectivity index (χ1n) is 26.5. The molecule has 14 nitrogen and oxygen atoms in total. The third kappa shape index (κ3) is 18.6. The van der Waals surface area contributed by atoms with Crippen molar-refractivity contribution in [2.24, 2.45) is 0 Å². The highest BCUT2D eigenvalue weighted by Crippen LogP contribution is 2.39. The second-order valence-corrected chi connectivity index (χ2v) is 20.3. The number of nitrogens with zero attached hydrogens (tertiary/aromatic N) is 3. The molecule has 3 aromatic carbocycles. The summed E-state index contributed by atoms with van der Waals surface area (Å²) < 4.78 is 29.3. The number of aromatic hydroxyl groups is 3. The monoisotopic (exact) mass is 998 g/mol. The number of carbonyl (C=O) groups excluding carboxylic acids is 3. The zero-order valence-corrected chi connectivity index (χ0v) is 44.7. The number of unbranched alkanes of at least 4 members (excludes halogenated alkanes) is 16. The van der Waals surface area contributed by atoms with Crippen LogP contribution in [0, 0.1) is 0 Å². The number of esters is 2. The number of hydrogen-bond donors (Lipinski definition) is 3. The van der Waals surface area contributed by atoms with Gasteiger partial charge in [-0.25, -0.2) is 24.5 Å². The average molecular weight is 998 g/mol. The van der Waals surface area contributed by atoms with E-state index in [2.05, 4.69) is 35.7 Å². The van der Waals surface area contributed by atoms with Crippen LogP contribution < -0.4 is 14.2 Å². The van der Waals surface area contributed by atoms with E-state index in [4.69, 9.17) is 23.7 Å². The van der Waals surface area contributed by atoms with E-state index in [-0.39, 0.29) is 87.7 Å². The van der Waals surface area contributed by atoms with Gasteiger partial charge in [0.15, 0.2) is 40.1 Å².